The van der Waals surface area contributed by atoms with Crippen molar-refractivity contribution in [1.29, 1.82) is 0 Å². The second-order valence-electron chi connectivity index (χ2n) is 3.21. The van der Waals surface area contributed by atoms with Crippen LogP contribution < -0.4 is 4.74 Å². The molecule has 0 aliphatic heterocycles. The Bertz CT molecular complexity index is 568. The van der Waals surface area contributed by atoms with Gasteiger partial charge in [0, 0.05) is 11.5 Å². The number of benzene rings is 2. The van der Waals surface area contributed by atoms with Gasteiger partial charge in [-0.25, -0.2) is 0 Å². The lowest BCUT2D eigenvalue weighted by Gasteiger charge is -2.08. The number of fused-ring (bicyclic) bond motifs is 1. The van der Waals surface area contributed by atoms with E-state index in [1.807, 2.05) is 34.7 Å². The van der Waals surface area contributed by atoms with Crippen LogP contribution in [0.5, 0.6) is 5.75 Å². The quantitative estimate of drug-likeness (QED) is 0.482. The summed E-state index contributed by atoms with van der Waals surface area (Å²) >= 11 is 2.04. The summed E-state index contributed by atoms with van der Waals surface area (Å²) in [5, 5.41) is 12.3. The third kappa shape index (κ3) is 1.71. The van der Waals surface area contributed by atoms with E-state index < -0.39 is 0 Å². The fourth-order valence-electron chi connectivity index (χ4n) is 1.65. The van der Waals surface area contributed by atoms with Crippen molar-refractivity contribution in [2.75, 3.05) is 7.11 Å². The zero-order chi connectivity index (χ0) is 11.7. The molecule has 82 valence electrons. The molecule has 0 saturated carbocycles. The molecule has 2 rings (SSSR count). The highest BCUT2D eigenvalue weighted by molar-refractivity contribution is 14.1. The normalized spacial score (nSPS) is 10.4. The highest BCUT2D eigenvalue weighted by Crippen LogP contribution is 2.36. The van der Waals surface area contributed by atoms with Gasteiger partial charge in [0.2, 0.25) is 0 Å². The second kappa shape index (κ2) is 4.25. The van der Waals surface area contributed by atoms with Crippen LogP contribution in [-0.2, 0) is 0 Å². The molecule has 0 atom stereocenters. The summed E-state index contributed by atoms with van der Waals surface area (Å²) in [4.78, 5) is 10.6. The van der Waals surface area contributed by atoms with E-state index in [1.54, 1.807) is 19.2 Å². The molecule has 0 saturated heterocycles. The van der Waals surface area contributed by atoms with E-state index >= 15 is 0 Å². The zero-order valence-electron chi connectivity index (χ0n) is 8.44. The van der Waals surface area contributed by atoms with Gasteiger partial charge < -0.3 is 4.74 Å². The third-order valence-corrected chi connectivity index (χ3v) is 3.13. The average molecular weight is 329 g/mol. The molecular weight excluding hydrogens is 321 g/mol. The highest BCUT2D eigenvalue weighted by atomic mass is 127. The molecule has 0 fully saturated rings. The smallest absolute Gasteiger partial charge is 0.278 e. The summed E-state index contributed by atoms with van der Waals surface area (Å²) in [5.74, 6) is 0.682. The van der Waals surface area contributed by atoms with Gasteiger partial charge in [-0.1, -0.05) is 18.2 Å². The maximum Gasteiger partial charge on any atom is 0.278 e. The number of nitrogens with zero attached hydrogens (tertiary/aromatic N) is 1. The minimum absolute atomic E-state index is 0.112. The van der Waals surface area contributed by atoms with Gasteiger partial charge in [-0.15, -0.1) is 0 Å². The first kappa shape index (κ1) is 11.1. The molecule has 0 bridgehead atoms. The number of ether oxygens (including phenoxy) is 1. The maximum absolute atomic E-state index is 10.9. The number of nitro benzene ring substituents is 1. The lowest BCUT2D eigenvalue weighted by atomic mass is 10.1. The van der Waals surface area contributed by atoms with Gasteiger partial charge in [0.05, 0.1) is 21.0 Å². The largest absolute Gasteiger partial charge is 0.495 e. The molecular formula is C11H8INO3. The van der Waals surface area contributed by atoms with Crippen LogP contribution in [0, 0.1) is 13.7 Å². The fourth-order valence-corrected chi connectivity index (χ4v) is 2.46. The summed E-state index contributed by atoms with van der Waals surface area (Å²) < 4.78 is 6.00. The molecule has 0 unspecified atom stereocenters. The number of halogens is 1. The Labute approximate surface area is 106 Å². The molecule has 0 aromatic heterocycles. The Kier molecular flexibility index (Phi) is 2.95. The first-order valence-electron chi connectivity index (χ1n) is 4.54. The summed E-state index contributed by atoms with van der Waals surface area (Å²) in [5.41, 5.74) is 0.112. The van der Waals surface area contributed by atoms with Crippen LogP contribution in [0.4, 0.5) is 5.69 Å². The summed E-state index contributed by atoms with van der Waals surface area (Å²) in [6.07, 6.45) is 0. The third-order valence-electron chi connectivity index (χ3n) is 2.33. The molecule has 5 heteroatoms. The van der Waals surface area contributed by atoms with Crippen LogP contribution in [0.1, 0.15) is 0 Å². The predicted octanol–water partition coefficient (Wildman–Crippen LogP) is 3.36. The summed E-state index contributed by atoms with van der Waals surface area (Å²) in [7, 11) is 1.57. The molecule has 2 aromatic carbocycles. The summed E-state index contributed by atoms with van der Waals surface area (Å²) in [6, 6.07) is 8.70. The van der Waals surface area contributed by atoms with Crippen molar-refractivity contribution in [2.24, 2.45) is 0 Å². The van der Waals surface area contributed by atoms with E-state index in [1.165, 1.54) is 6.07 Å². The van der Waals surface area contributed by atoms with Crippen molar-refractivity contribution in [2.45, 2.75) is 0 Å². The van der Waals surface area contributed by atoms with Crippen LogP contribution in [0.2, 0.25) is 0 Å². The molecule has 0 spiro atoms. The SMILES string of the molecule is COc1c(I)cc([N+](=O)[O-])c2ccccc12. The van der Waals surface area contributed by atoms with Crippen LogP contribution in [0.25, 0.3) is 10.8 Å². The standard InChI is InChI=1S/C11H8INO3/c1-16-11-8-5-3-2-4-7(8)10(13(14)15)6-9(11)12/h2-6H,1H3. The van der Waals surface area contributed by atoms with Gasteiger partial charge >= 0.3 is 0 Å². The van der Waals surface area contributed by atoms with E-state index in [4.69, 9.17) is 4.74 Å². The van der Waals surface area contributed by atoms with Gasteiger partial charge in [0.1, 0.15) is 5.75 Å². The van der Waals surface area contributed by atoms with E-state index in [2.05, 4.69) is 0 Å². The minimum atomic E-state index is -0.371. The first-order valence-corrected chi connectivity index (χ1v) is 5.62. The highest BCUT2D eigenvalue weighted by Gasteiger charge is 2.17. The van der Waals surface area contributed by atoms with Crippen molar-refractivity contribution >= 4 is 39.1 Å². The lowest BCUT2D eigenvalue weighted by molar-refractivity contribution is -0.383. The van der Waals surface area contributed by atoms with Crippen molar-refractivity contribution < 1.29 is 9.66 Å². The molecule has 0 aliphatic carbocycles. The van der Waals surface area contributed by atoms with Crippen molar-refractivity contribution in [3.8, 4) is 5.75 Å². The Morgan fingerprint density at radius 1 is 1.31 bits per heavy atom. The predicted molar refractivity (Wildman–Crippen MR) is 69.9 cm³/mol. The monoisotopic (exact) mass is 329 g/mol. The first-order chi connectivity index (χ1) is 7.65. The Morgan fingerprint density at radius 2 is 1.94 bits per heavy atom. The fraction of sp³-hybridized carbons (Fsp3) is 0.0909. The van der Waals surface area contributed by atoms with E-state index in [9.17, 15) is 10.1 Å². The van der Waals surface area contributed by atoms with Gasteiger partial charge in [-0.3, -0.25) is 10.1 Å². The lowest BCUT2D eigenvalue weighted by Crippen LogP contribution is -1.94. The molecule has 4 nitrogen and oxygen atoms in total. The minimum Gasteiger partial charge on any atom is -0.495 e. The second-order valence-corrected chi connectivity index (χ2v) is 4.38. The molecule has 0 heterocycles. The van der Waals surface area contributed by atoms with E-state index in [0.717, 1.165) is 8.96 Å². The average Bonchev–Trinajstić information content (AvgIpc) is 2.28. The van der Waals surface area contributed by atoms with Crippen LogP contribution in [0.3, 0.4) is 0 Å². The molecule has 0 amide bonds. The Hall–Kier alpha value is -1.37. The molecule has 0 aliphatic rings. The zero-order valence-corrected chi connectivity index (χ0v) is 10.6. The number of rotatable bonds is 2. The number of hydrogen-bond acceptors (Lipinski definition) is 3. The van der Waals surface area contributed by atoms with Gasteiger partial charge in [0.15, 0.2) is 0 Å². The van der Waals surface area contributed by atoms with Crippen molar-refractivity contribution in [1.82, 2.24) is 0 Å². The molecule has 16 heavy (non-hydrogen) atoms. The van der Waals surface area contributed by atoms with Crippen LogP contribution in [0.15, 0.2) is 30.3 Å². The van der Waals surface area contributed by atoms with Crippen LogP contribution in [-0.4, -0.2) is 12.0 Å². The number of hydrogen-bond donors (Lipinski definition) is 0. The molecule has 0 N–H and O–H groups in total. The van der Waals surface area contributed by atoms with E-state index in [0.29, 0.717) is 11.1 Å². The van der Waals surface area contributed by atoms with Gasteiger partial charge in [-0.2, -0.15) is 0 Å². The molecule has 0 radical (unpaired) electrons. The van der Waals surface area contributed by atoms with Crippen molar-refractivity contribution in [3.63, 3.8) is 0 Å². The van der Waals surface area contributed by atoms with Gasteiger partial charge in [0.25, 0.3) is 5.69 Å². The van der Waals surface area contributed by atoms with Crippen LogP contribution >= 0.6 is 22.6 Å². The van der Waals surface area contributed by atoms with Crippen molar-refractivity contribution in [3.05, 3.63) is 44.0 Å². The van der Waals surface area contributed by atoms with E-state index in [-0.39, 0.29) is 10.6 Å². The van der Waals surface area contributed by atoms with Gasteiger partial charge in [-0.05, 0) is 28.7 Å². The Morgan fingerprint density at radius 3 is 2.50 bits per heavy atom. The topological polar surface area (TPSA) is 52.4 Å². The Balaban J connectivity index is 2.91. The number of methoxy groups -OCH3 is 1. The summed E-state index contributed by atoms with van der Waals surface area (Å²) in [6.45, 7) is 0. The number of nitro groups is 1. The maximum atomic E-state index is 10.9. The number of non-ortho nitro benzene ring substituents is 1. The molecule has 2 aromatic rings.